The van der Waals surface area contributed by atoms with Crippen molar-refractivity contribution in [2.45, 2.75) is 32.4 Å². The third kappa shape index (κ3) is 3.20. The fraction of sp³-hybridized carbons (Fsp3) is 0.625. The summed E-state index contributed by atoms with van der Waals surface area (Å²) in [6.07, 6.45) is 1.42. The zero-order chi connectivity index (χ0) is 14.8. The third-order valence-corrected chi connectivity index (χ3v) is 4.81. The van der Waals surface area contributed by atoms with Gasteiger partial charge in [-0.25, -0.2) is 0 Å². The van der Waals surface area contributed by atoms with Crippen LogP contribution in [0.5, 0.6) is 11.5 Å². The van der Waals surface area contributed by atoms with Crippen molar-refractivity contribution in [2.75, 3.05) is 26.4 Å². The van der Waals surface area contributed by atoms with Crippen LogP contribution in [0.15, 0.2) is 16.6 Å². The number of nitrogens with one attached hydrogen (secondary N) is 1. The number of halogens is 1. The summed E-state index contributed by atoms with van der Waals surface area (Å²) in [5.41, 5.74) is 1.23. The van der Waals surface area contributed by atoms with Crippen molar-refractivity contribution < 1.29 is 14.2 Å². The van der Waals surface area contributed by atoms with E-state index in [0.717, 1.165) is 35.5 Å². The summed E-state index contributed by atoms with van der Waals surface area (Å²) >= 11 is 3.69. The van der Waals surface area contributed by atoms with Gasteiger partial charge in [0.15, 0.2) is 11.5 Å². The van der Waals surface area contributed by atoms with Gasteiger partial charge in [0.05, 0.1) is 12.7 Å². The van der Waals surface area contributed by atoms with E-state index in [0.29, 0.717) is 25.2 Å². The molecule has 1 aromatic carbocycles. The summed E-state index contributed by atoms with van der Waals surface area (Å²) in [6.45, 7) is 7.24. The molecule has 0 bridgehead atoms. The van der Waals surface area contributed by atoms with Crippen LogP contribution in [0.3, 0.4) is 0 Å². The van der Waals surface area contributed by atoms with Crippen molar-refractivity contribution >= 4 is 15.9 Å². The fourth-order valence-electron chi connectivity index (χ4n) is 3.15. The van der Waals surface area contributed by atoms with Gasteiger partial charge >= 0.3 is 0 Å². The van der Waals surface area contributed by atoms with Crippen molar-refractivity contribution in [3.63, 3.8) is 0 Å². The predicted molar refractivity (Wildman–Crippen MR) is 85.1 cm³/mol. The molecule has 5 heteroatoms. The number of benzene rings is 1. The zero-order valence-corrected chi connectivity index (χ0v) is 14.1. The van der Waals surface area contributed by atoms with Crippen molar-refractivity contribution in [2.24, 2.45) is 5.92 Å². The molecule has 3 atom stereocenters. The lowest BCUT2D eigenvalue weighted by Gasteiger charge is -2.27. The molecule has 0 amide bonds. The molecule has 0 aliphatic carbocycles. The van der Waals surface area contributed by atoms with E-state index in [9.17, 15) is 0 Å². The van der Waals surface area contributed by atoms with Gasteiger partial charge in [0.1, 0.15) is 13.2 Å². The van der Waals surface area contributed by atoms with Gasteiger partial charge in [-0.05, 0) is 37.6 Å². The molecule has 21 heavy (non-hydrogen) atoms. The van der Waals surface area contributed by atoms with Crippen molar-refractivity contribution in [3.8, 4) is 11.5 Å². The lowest BCUT2D eigenvalue weighted by Crippen LogP contribution is -2.29. The molecule has 2 heterocycles. The van der Waals surface area contributed by atoms with E-state index in [1.54, 1.807) is 0 Å². The molecule has 1 saturated heterocycles. The summed E-state index contributed by atoms with van der Waals surface area (Å²) in [7, 11) is 0. The standard InChI is InChI=1S/C16H22BrNO3/c1-3-18-16(11-6-10(2)21-9-11)12-7-14-15(8-13(12)17)20-5-4-19-14/h7-8,10-11,16,18H,3-6,9H2,1-2H3. The maximum Gasteiger partial charge on any atom is 0.162 e. The van der Waals surface area contributed by atoms with Gasteiger partial charge < -0.3 is 19.5 Å². The Kier molecular flexibility index (Phi) is 4.72. The molecule has 0 aromatic heterocycles. The number of rotatable bonds is 4. The second-order valence-electron chi connectivity index (χ2n) is 5.69. The molecule has 1 aromatic rings. The van der Waals surface area contributed by atoms with Crippen LogP contribution in [0.25, 0.3) is 0 Å². The van der Waals surface area contributed by atoms with Gasteiger partial charge in [0.25, 0.3) is 0 Å². The molecular weight excluding hydrogens is 334 g/mol. The topological polar surface area (TPSA) is 39.7 Å². The van der Waals surface area contributed by atoms with E-state index in [2.05, 4.69) is 41.2 Å². The predicted octanol–water partition coefficient (Wildman–Crippen LogP) is 3.30. The molecular formula is C16H22BrNO3. The number of fused-ring (bicyclic) bond motifs is 1. The summed E-state index contributed by atoms with van der Waals surface area (Å²) < 4.78 is 18.2. The number of hydrogen-bond acceptors (Lipinski definition) is 4. The van der Waals surface area contributed by atoms with E-state index in [1.165, 1.54) is 5.56 Å². The molecule has 0 radical (unpaired) electrons. The van der Waals surface area contributed by atoms with Gasteiger partial charge in [-0.1, -0.05) is 22.9 Å². The van der Waals surface area contributed by atoms with Crippen molar-refractivity contribution in [1.29, 1.82) is 0 Å². The van der Waals surface area contributed by atoms with E-state index in [-0.39, 0.29) is 6.04 Å². The van der Waals surface area contributed by atoms with Crippen LogP contribution in [-0.4, -0.2) is 32.5 Å². The van der Waals surface area contributed by atoms with Crippen LogP contribution in [0, 0.1) is 5.92 Å². The summed E-state index contributed by atoms with van der Waals surface area (Å²) in [6, 6.07) is 4.40. The average Bonchev–Trinajstić information content (AvgIpc) is 2.91. The maximum atomic E-state index is 5.76. The maximum absolute atomic E-state index is 5.76. The van der Waals surface area contributed by atoms with Gasteiger partial charge in [-0.15, -0.1) is 0 Å². The largest absolute Gasteiger partial charge is 0.486 e. The molecule has 2 aliphatic heterocycles. The number of ether oxygens (including phenoxy) is 3. The molecule has 1 fully saturated rings. The number of hydrogen-bond donors (Lipinski definition) is 1. The van der Waals surface area contributed by atoms with E-state index in [1.807, 2.05) is 6.07 Å². The van der Waals surface area contributed by atoms with Crippen LogP contribution in [0.4, 0.5) is 0 Å². The normalized spacial score (nSPS) is 25.9. The Hall–Kier alpha value is -0.780. The Morgan fingerprint density at radius 2 is 2.00 bits per heavy atom. The minimum absolute atomic E-state index is 0.269. The van der Waals surface area contributed by atoms with Gasteiger partial charge in [-0.2, -0.15) is 0 Å². The smallest absolute Gasteiger partial charge is 0.162 e. The average molecular weight is 356 g/mol. The first kappa shape index (κ1) is 15.1. The highest BCUT2D eigenvalue weighted by atomic mass is 79.9. The Balaban J connectivity index is 1.91. The minimum Gasteiger partial charge on any atom is -0.486 e. The van der Waals surface area contributed by atoms with E-state index >= 15 is 0 Å². The van der Waals surface area contributed by atoms with Crippen molar-refractivity contribution in [1.82, 2.24) is 5.32 Å². The second-order valence-corrected chi connectivity index (χ2v) is 6.55. The fourth-order valence-corrected chi connectivity index (χ4v) is 3.72. The first-order valence-electron chi connectivity index (χ1n) is 7.63. The van der Waals surface area contributed by atoms with Crippen LogP contribution < -0.4 is 14.8 Å². The lowest BCUT2D eigenvalue weighted by molar-refractivity contribution is 0.117. The quantitative estimate of drug-likeness (QED) is 0.899. The molecule has 3 unspecified atom stereocenters. The Morgan fingerprint density at radius 1 is 1.29 bits per heavy atom. The second kappa shape index (κ2) is 6.55. The highest BCUT2D eigenvalue weighted by Crippen LogP contribution is 2.41. The molecule has 3 rings (SSSR count). The van der Waals surface area contributed by atoms with Crippen LogP contribution in [0.1, 0.15) is 31.9 Å². The van der Waals surface area contributed by atoms with Crippen LogP contribution in [-0.2, 0) is 4.74 Å². The Morgan fingerprint density at radius 3 is 2.62 bits per heavy atom. The minimum atomic E-state index is 0.269. The molecule has 0 saturated carbocycles. The van der Waals surface area contributed by atoms with E-state index < -0.39 is 0 Å². The lowest BCUT2D eigenvalue weighted by atomic mass is 9.90. The first-order valence-corrected chi connectivity index (χ1v) is 8.42. The summed E-state index contributed by atoms with van der Waals surface area (Å²) in [5.74, 6) is 2.15. The summed E-state index contributed by atoms with van der Waals surface area (Å²) in [5, 5.41) is 3.60. The highest BCUT2D eigenvalue weighted by Gasteiger charge is 2.32. The molecule has 116 valence electrons. The first-order chi connectivity index (χ1) is 10.2. The molecule has 4 nitrogen and oxygen atoms in total. The SMILES string of the molecule is CCNC(c1cc2c(cc1Br)OCCO2)C1COC(C)C1. The summed E-state index contributed by atoms with van der Waals surface area (Å²) in [4.78, 5) is 0. The van der Waals surface area contributed by atoms with Crippen LogP contribution in [0.2, 0.25) is 0 Å². The van der Waals surface area contributed by atoms with E-state index in [4.69, 9.17) is 14.2 Å². The third-order valence-electron chi connectivity index (χ3n) is 4.12. The van der Waals surface area contributed by atoms with Gasteiger partial charge in [-0.3, -0.25) is 0 Å². The Labute approximate surface area is 134 Å². The molecule has 2 aliphatic rings. The molecule has 0 spiro atoms. The van der Waals surface area contributed by atoms with Crippen LogP contribution >= 0.6 is 15.9 Å². The van der Waals surface area contributed by atoms with Gasteiger partial charge in [0, 0.05) is 16.4 Å². The molecule has 1 N–H and O–H groups in total. The zero-order valence-electron chi connectivity index (χ0n) is 12.5. The van der Waals surface area contributed by atoms with Crippen molar-refractivity contribution in [3.05, 3.63) is 22.2 Å². The van der Waals surface area contributed by atoms with Gasteiger partial charge in [0.2, 0.25) is 0 Å². The monoisotopic (exact) mass is 355 g/mol. The Bertz CT molecular complexity index is 509. The highest BCUT2D eigenvalue weighted by molar-refractivity contribution is 9.10.